The summed E-state index contributed by atoms with van der Waals surface area (Å²) in [5, 5.41) is 16.1. The molecule has 3 rings (SSSR count). The SMILES string of the molecule is CCOCn1cc(NC(=O)c2ccn(Cn3nc(C)c(Cl)c3C)n2)cn1. The second kappa shape index (κ2) is 7.71. The largest absolute Gasteiger partial charge is 0.360 e. The van der Waals surface area contributed by atoms with Crippen LogP contribution in [0, 0.1) is 13.8 Å². The standard InChI is InChI=1S/C16H20ClN7O2/c1-4-26-10-23-8-13(7-18-23)19-16(25)14-5-6-22(21-14)9-24-12(3)15(17)11(2)20-24/h5-8H,4,9-10H2,1-3H3,(H,19,25). The number of halogens is 1. The van der Waals surface area contributed by atoms with Crippen molar-refractivity contribution in [2.24, 2.45) is 0 Å². The van der Waals surface area contributed by atoms with Gasteiger partial charge >= 0.3 is 0 Å². The van der Waals surface area contributed by atoms with Gasteiger partial charge in [-0.05, 0) is 26.8 Å². The van der Waals surface area contributed by atoms with Gasteiger partial charge in [0.15, 0.2) is 5.69 Å². The summed E-state index contributed by atoms with van der Waals surface area (Å²) < 4.78 is 10.2. The third-order valence-electron chi connectivity index (χ3n) is 3.76. The average molecular weight is 378 g/mol. The van der Waals surface area contributed by atoms with Crippen LogP contribution in [0.4, 0.5) is 5.69 Å². The zero-order valence-electron chi connectivity index (χ0n) is 14.8. The maximum absolute atomic E-state index is 12.3. The monoisotopic (exact) mass is 377 g/mol. The van der Waals surface area contributed by atoms with E-state index in [1.54, 1.807) is 38.7 Å². The molecule has 0 atom stereocenters. The summed E-state index contributed by atoms with van der Waals surface area (Å²) in [5.41, 5.74) is 2.50. The van der Waals surface area contributed by atoms with Crippen LogP contribution >= 0.6 is 11.6 Å². The summed E-state index contributed by atoms with van der Waals surface area (Å²) in [5.74, 6) is -0.314. The Morgan fingerprint density at radius 1 is 1.31 bits per heavy atom. The fourth-order valence-electron chi connectivity index (χ4n) is 2.39. The van der Waals surface area contributed by atoms with Crippen LogP contribution < -0.4 is 5.32 Å². The normalized spacial score (nSPS) is 11.1. The average Bonchev–Trinajstić information content (AvgIpc) is 3.32. The van der Waals surface area contributed by atoms with Crippen molar-refractivity contribution in [1.82, 2.24) is 29.3 Å². The van der Waals surface area contributed by atoms with E-state index in [1.165, 1.54) is 0 Å². The van der Waals surface area contributed by atoms with Gasteiger partial charge < -0.3 is 10.1 Å². The molecule has 3 heterocycles. The van der Waals surface area contributed by atoms with Crippen molar-refractivity contribution in [2.75, 3.05) is 11.9 Å². The van der Waals surface area contributed by atoms with Crippen molar-refractivity contribution < 1.29 is 9.53 Å². The number of hydrogen-bond donors (Lipinski definition) is 1. The first-order valence-corrected chi connectivity index (χ1v) is 8.50. The number of nitrogens with one attached hydrogen (secondary N) is 1. The molecule has 0 saturated heterocycles. The van der Waals surface area contributed by atoms with Crippen molar-refractivity contribution in [3.05, 3.63) is 46.8 Å². The Morgan fingerprint density at radius 3 is 2.81 bits per heavy atom. The minimum Gasteiger partial charge on any atom is -0.360 e. The lowest BCUT2D eigenvalue weighted by molar-refractivity contribution is 0.0792. The van der Waals surface area contributed by atoms with Gasteiger partial charge in [0.2, 0.25) is 0 Å². The van der Waals surface area contributed by atoms with Crippen LogP contribution in [-0.4, -0.2) is 41.9 Å². The Kier molecular flexibility index (Phi) is 5.38. The first-order chi connectivity index (χ1) is 12.5. The zero-order chi connectivity index (χ0) is 18.7. The lowest BCUT2D eigenvalue weighted by Gasteiger charge is -2.04. The van der Waals surface area contributed by atoms with Crippen LogP contribution in [0.5, 0.6) is 0 Å². The van der Waals surface area contributed by atoms with E-state index in [4.69, 9.17) is 16.3 Å². The molecule has 0 radical (unpaired) electrons. The number of hydrogen-bond acceptors (Lipinski definition) is 5. The summed E-state index contributed by atoms with van der Waals surface area (Å²) >= 11 is 6.15. The van der Waals surface area contributed by atoms with Gasteiger partial charge in [-0.3, -0.25) is 9.48 Å². The van der Waals surface area contributed by atoms with Gasteiger partial charge in [0, 0.05) is 12.8 Å². The Morgan fingerprint density at radius 2 is 2.12 bits per heavy atom. The first kappa shape index (κ1) is 18.2. The van der Waals surface area contributed by atoms with E-state index in [2.05, 4.69) is 20.6 Å². The maximum Gasteiger partial charge on any atom is 0.276 e. The van der Waals surface area contributed by atoms with Gasteiger partial charge in [-0.15, -0.1) is 0 Å². The predicted octanol–water partition coefficient (Wildman–Crippen LogP) is 2.30. The van der Waals surface area contributed by atoms with E-state index < -0.39 is 0 Å². The van der Waals surface area contributed by atoms with Crippen molar-refractivity contribution in [1.29, 1.82) is 0 Å². The van der Waals surface area contributed by atoms with Gasteiger partial charge in [-0.25, -0.2) is 9.36 Å². The smallest absolute Gasteiger partial charge is 0.276 e. The molecular formula is C16H20ClN7O2. The number of aryl methyl sites for hydroxylation is 1. The quantitative estimate of drug-likeness (QED) is 0.682. The van der Waals surface area contributed by atoms with Crippen LogP contribution in [0.15, 0.2) is 24.7 Å². The van der Waals surface area contributed by atoms with Crippen LogP contribution in [0.2, 0.25) is 5.02 Å². The molecule has 0 unspecified atom stereocenters. The van der Waals surface area contributed by atoms with Crippen LogP contribution in [0.25, 0.3) is 0 Å². The number of carbonyl (C=O) groups excluding carboxylic acids is 1. The Hall–Kier alpha value is -2.65. The fourth-order valence-corrected chi connectivity index (χ4v) is 2.53. The summed E-state index contributed by atoms with van der Waals surface area (Å²) in [7, 11) is 0. The first-order valence-electron chi connectivity index (χ1n) is 8.12. The highest BCUT2D eigenvalue weighted by molar-refractivity contribution is 6.31. The zero-order valence-corrected chi connectivity index (χ0v) is 15.6. The number of aromatic nitrogens is 6. The molecule has 26 heavy (non-hydrogen) atoms. The molecule has 0 fully saturated rings. The van der Waals surface area contributed by atoms with Gasteiger partial charge in [0.25, 0.3) is 5.91 Å². The van der Waals surface area contributed by atoms with Gasteiger partial charge in [-0.1, -0.05) is 11.6 Å². The van der Waals surface area contributed by atoms with Crippen LogP contribution in [-0.2, 0) is 18.1 Å². The molecule has 0 saturated carbocycles. The molecule has 3 aromatic rings. The lowest BCUT2D eigenvalue weighted by atomic mass is 10.4. The molecule has 138 valence electrons. The molecule has 0 bridgehead atoms. The van der Waals surface area contributed by atoms with Gasteiger partial charge in [-0.2, -0.15) is 15.3 Å². The number of nitrogens with zero attached hydrogens (tertiary/aromatic N) is 6. The molecule has 3 aromatic heterocycles. The Bertz CT molecular complexity index is 912. The van der Waals surface area contributed by atoms with Crippen molar-refractivity contribution in [3.63, 3.8) is 0 Å². The topological polar surface area (TPSA) is 91.8 Å². The Labute approximate surface area is 155 Å². The van der Waals surface area contributed by atoms with E-state index >= 15 is 0 Å². The third-order valence-corrected chi connectivity index (χ3v) is 4.31. The molecule has 1 N–H and O–H groups in total. The predicted molar refractivity (Wildman–Crippen MR) is 96.1 cm³/mol. The van der Waals surface area contributed by atoms with E-state index in [9.17, 15) is 4.79 Å². The van der Waals surface area contributed by atoms with Crippen molar-refractivity contribution in [2.45, 2.75) is 34.2 Å². The van der Waals surface area contributed by atoms with Crippen LogP contribution in [0.3, 0.4) is 0 Å². The molecule has 0 aliphatic rings. The second-order valence-electron chi connectivity index (χ2n) is 5.71. The van der Waals surface area contributed by atoms with E-state index in [0.29, 0.717) is 36.4 Å². The fraction of sp³-hybridized carbons (Fsp3) is 0.375. The van der Waals surface area contributed by atoms with Crippen molar-refractivity contribution in [3.8, 4) is 0 Å². The van der Waals surface area contributed by atoms with Crippen LogP contribution in [0.1, 0.15) is 28.8 Å². The van der Waals surface area contributed by atoms with Crippen molar-refractivity contribution >= 4 is 23.2 Å². The molecule has 0 aliphatic carbocycles. The van der Waals surface area contributed by atoms with Gasteiger partial charge in [0.1, 0.15) is 13.4 Å². The number of anilines is 1. The van der Waals surface area contributed by atoms with E-state index in [-0.39, 0.29) is 5.91 Å². The van der Waals surface area contributed by atoms with E-state index in [1.807, 2.05) is 20.8 Å². The summed E-state index contributed by atoms with van der Waals surface area (Å²) in [6.07, 6.45) is 4.98. The van der Waals surface area contributed by atoms with E-state index in [0.717, 1.165) is 11.4 Å². The highest BCUT2D eigenvalue weighted by Crippen LogP contribution is 2.18. The summed E-state index contributed by atoms with van der Waals surface area (Å²) in [6.45, 7) is 6.95. The number of rotatable bonds is 7. The van der Waals surface area contributed by atoms with Gasteiger partial charge in [0.05, 0.1) is 34.5 Å². The third kappa shape index (κ3) is 3.94. The number of ether oxygens (including phenoxy) is 1. The second-order valence-corrected chi connectivity index (χ2v) is 6.09. The number of carbonyl (C=O) groups is 1. The minimum atomic E-state index is -0.314. The lowest BCUT2D eigenvalue weighted by Crippen LogP contribution is -2.15. The Balaban J connectivity index is 1.64. The molecule has 0 spiro atoms. The highest BCUT2D eigenvalue weighted by atomic mass is 35.5. The molecule has 1 amide bonds. The summed E-state index contributed by atoms with van der Waals surface area (Å²) in [6, 6.07) is 1.65. The maximum atomic E-state index is 12.3. The minimum absolute atomic E-state index is 0.301. The molecule has 10 heteroatoms. The molecule has 9 nitrogen and oxygen atoms in total. The summed E-state index contributed by atoms with van der Waals surface area (Å²) in [4.78, 5) is 12.3. The molecule has 0 aliphatic heterocycles. The number of amides is 1. The molecule has 0 aromatic carbocycles. The highest BCUT2D eigenvalue weighted by Gasteiger charge is 2.13. The molecular weight excluding hydrogens is 358 g/mol.